The molecule has 2 aromatic rings. The third kappa shape index (κ3) is 2.71. The van der Waals surface area contributed by atoms with E-state index in [2.05, 4.69) is 23.9 Å². The smallest absolute Gasteiger partial charge is 0.0928 e. The summed E-state index contributed by atoms with van der Waals surface area (Å²) in [6.07, 6.45) is 3.49. The Labute approximate surface area is 101 Å². The van der Waals surface area contributed by atoms with Crippen LogP contribution in [0.1, 0.15) is 19.5 Å². The van der Waals surface area contributed by atoms with Gasteiger partial charge in [0.25, 0.3) is 0 Å². The molecule has 0 aliphatic rings. The molecule has 0 aliphatic heterocycles. The van der Waals surface area contributed by atoms with Gasteiger partial charge in [0.1, 0.15) is 0 Å². The van der Waals surface area contributed by atoms with Crippen LogP contribution in [0.25, 0.3) is 11.3 Å². The summed E-state index contributed by atoms with van der Waals surface area (Å²) in [7, 11) is 0. The molecule has 4 nitrogen and oxygen atoms in total. The van der Waals surface area contributed by atoms with Crippen molar-refractivity contribution in [1.29, 1.82) is 0 Å². The van der Waals surface area contributed by atoms with Crippen LogP contribution in [0.5, 0.6) is 0 Å². The molecule has 0 aliphatic carbocycles. The molecular formula is C13H17N3O. The highest BCUT2D eigenvalue weighted by molar-refractivity contribution is 5.58. The van der Waals surface area contributed by atoms with E-state index >= 15 is 0 Å². The summed E-state index contributed by atoms with van der Waals surface area (Å²) in [5.41, 5.74) is 2.76. The zero-order valence-corrected chi connectivity index (χ0v) is 10.2. The van der Waals surface area contributed by atoms with Gasteiger partial charge in [0.15, 0.2) is 0 Å². The number of aliphatic hydroxyl groups excluding tert-OH is 1. The number of aromatic nitrogens is 3. The second kappa shape index (κ2) is 5.10. The SMILES string of the molecule is CC(C)Cn1nc(-c2ccncc2)cc1CO. The van der Waals surface area contributed by atoms with Crippen LogP contribution in [0.2, 0.25) is 0 Å². The second-order valence-corrected chi connectivity index (χ2v) is 4.49. The second-order valence-electron chi connectivity index (χ2n) is 4.49. The summed E-state index contributed by atoms with van der Waals surface area (Å²) < 4.78 is 1.88. The van der Waals surface area contributed by atoms with Crippen molar-refractivity contribution in [3.8, 4) is 11.3 Å². The quantitative estimate of drug-likeness (QED) is 0.876. The summed E-state index contributed by atoms with van der Waals surface area (Å²) in [5, 5.41) is 13.8. The van der Waals surface area contributed by atoms with Crippen molar-refractivity contribution >= 4 is 0 Å². The van der Waals surface area contributed by atoms with Crippen LogP contribution in [-0.2, 0) is 13.2 Å². The van der Waals surface area contributed by atoms with Crippen molar-refractivity contribution in [3.05, 3.63) is 36.3 Å². The molecule has 0 atom stereocenters. The van der Waals surface area contributed by atoms with Gasteiger partial charge in [-0.25, -0.2) is 0 Å². The average molecular weight is 231 g/mol. The highest BCUT2D eigenvalue weighted by Gasteiger charge is 2.09. The van der Waals surface area contributed by atoms with Gasteiger partial charge in [-0.05, 0) is 24.1 Å². The van der Waals surface area contributed by atoms with E-state index in [4.69, 9.17) is 0 Å². The van der Waals surface area contributed by atoms with Gasteiger partial charge >= 0.3 is 0 Å². The van der Waals surface area contributed by atoms with Gasteiger partial charge in [-0.3, -0.25) is 9.67 Å². The molecule has 0 aromatic carbocycles. The molecular weight excluding hydrogens is 214 g/mol. The molecule has 0 bridgehead atoms. The van der Waals surface area contributed by atoms with Crippen molar-refractivity contribution in [2.24, 2.45) is 5.92 Å². The average Bonchev–Trinajstić information content (AvgIpc) is 2.72. The van der Waals surface area contributed by atoms with Crippen molar-refractivity contribution in [2.45, 2.75) is 27.0 Å². The topological polar surface area (TPSA) is 50.9 Å². The van der Waals surface area contributed by atoms with Crippen LogP contribution in [0.15, 0.2) is 30.6 Å². The first-order valence-electron chi connectivity index (χ1n) is 5.78. The lowest BCUT2D eigenvalue weighted by molar-refractivity contribution is 0.264. The fourth-order valence-electron chi connectivity index (χ4n) is 1.75. The van der Waals surface area contributed by atoms with Gasteiger partial charge in [0.05, 0.1) is 18.0 Å². The Bertz CT molecular complexity index is 477. The van der Waals surface area contributed by atoms with Gasteiger partial charge in [0.2, 0.25) is 0 Å². The lowest BCUT2D eigenvalue weighted by atomic mass is 10.2. The Morgan fingerprint density at radius 1 is 1.29 bits per heavy atom. The van der Waals surface area contributed by atoms with E-state index in [1.807, 2.05) is 22.9 Å². The molecule has 0 spiro atoms. The molecule has 1 N–H and O–H groups in total. The van der Waals surface area contributed by atoms with Gasteiger partial charge in [-0.1, -0.05) is 13.8 Å². The highest BCUT2D eigenvalue weighted by Crippen LogP contribution is 2.19. The minimum absolute atomic E-state index is 0.0187. The fraction of sp³-hybridized carbons (Fsp3) is 0.385. The molecule has 2 aromatic heterocycles. The minimum atomic E-state index is 0.0187. The third-order valence-electron chi connectivity index (χ3n) is 2.54. The van der Waals surface area contributed by atoms with Crippen molar-refractivity contribution in [1.82, 2.24) is 14.8 Å². The molecule has 0 radical (unpaired) electrons. The molecule has 2 heterocycles. The molecule has 0 fully saturated rings. The van der Waals surface area contributed by atoms with Gasteiger partial charge < -0.3 is 5.11 Å². The Morgan fingerprint density at radius 2 is 2.00 bits per heavy atom. The van der Waals surface area contributed by atoms with E-state index in [0.29, 0.717) is 5.92 Å². The molecule has 0 saturated carbocycles. The maximum absolute atomic E-state index is 9.32. The van der Waals surface area contributed by atoms with Crippen LogP contribution in [0, 0.1) is 5.92 Å². The standard InChI is InChI=1S/C13H17N3O/c1-10(2)8-16-12(9-17)7-13(15-16)11-3-5-14-6-4-11/h3-7,10,17H,8-9H2,1-2H3. The summed E-state index contributed by atoms with van der Waals surface area (Å²) in [6.45, 7) is 5.11. The van der Waals surface area contributed by atoms with Gasteiger partial charge in [-0.15, -0.1) is 0 Å². The zero-order chi connectivity index (χ0) is 12.3. The monoisotopic (exact) mass is 231 g/mol. The molecule has 4 heteroatoms. The normalized spacial score (nSPS) is 11.1. The Kier molecular flexibility index (Phi) is 3.54. The molecule has 0 unspecified atom stereocenters. The lowest BCUT2D eigenvalue weighted by Crippen LogP contribution is -2.09. The molecule has 90 valence electrons. The molecule has 0 saturated heterocycles. The van der Waals surface area contributed by atoms with Crippen molar-refractivity contribution in [2.75, 3.05) is 0 Å². The van der Waals surface area contributed by atoms with E-state index in [0.717, 1.165) is 23.5 Å². The van der Waals surface area contributed by atoms with Gasteiger partial charge in [-0.2, -0.15) is 5.10 Å². The predicted octanol–water partition coefficient (Wildman–Crippen LogP) is 2.09. The Hall–Kier alpha value is -1.68. The number of nitrogens with zero attached hydrogens (tertiary/aromatic N) is 3. The minimum Gasteiger partial charge on any atom is -0.390 e. The fourth-order valence-corrected chi connectivity index (χ4v) is 1.75. The maximum atomic E-state index is 9.32. The van der Waals surface area contributed by atoms with Crippen LogP contribution < -0.4 is 0 Å². The van der Waals surface area contributed by atoms with Crippen molar-refractivity contribution in [3.63, 3.8) is 0 Å². The van der Waals surface area contributed by atoms with Crippen LogP contribution in [0.4, 0.5) is 0 Å². The number of aliphatic hydroxyl groups is 1. The molecule has 0 amide bonds. The molecule has 2 rings (SSSR count). The first-order chi connectivity index (χ1) is 8.20. The summed E-state index contributed by atoms with van der Waals surface area (Å²) in [4.78, 5) is 3.98. The first kappa shape index (κ1) is 11.8. The first-order valence-corrected chi connectivity index (χ1v) is 5.78. The number of pyridine rings is 1. The van der Waals surface area contributed by atoms with E-state index in [1.54, 1.807) is 12.4 Å². The summed E-state index contributed by atoms with van der Waals surface area (Å²) in [6, 6.07) is 5.77. The van der Waals surface area contributed by atoms with Crippen molar-refractivity contribution < 1.29 is 5.11 Å². The molecule has 17 heavy (non-hydrogen) atoms. The van der Waals surface area contributed by atoms with Crippen LogP contribution in [-0.4, -0.2) is 19.9 Å². The maximum Gasteiger partial charge on any atom is 0.0928 e. The number of rotatable bonds is 4. The van der Waals surface area contributed by atoms with E-state index in [9.17, 15) is 5.11 Å². The predicted molar refractivity (Wildman–Crippen MR) is 66.2 cm³/mol. The number of hydrogen-bond acceptors (Lipinski definition) is 3. The largest absolute Gasteiger partial charge is 0.390 e. The van der Waals surface area contributed by atoms with E-state index in [1.165, 1.54) is 0 Å². The number of hydrogen-bond donors (Lipinski definition) is 1. The highest BCUT2D eigenvalue weighted by atomic mass is 16.3. The Balaban J connectivity index is 2.34. The van der Waals surface area contributed by atoms with E-state index < -0.39 is 0 Å². The lowest BCUT2D eigenvalue weighted by Gasteiger charge is -2.07. The van der Waals surface area contributed by atoms with E-state index in [-0.39, 0.29) is 6.61 Å². The zero-order valence-electron chi connectivity index (χ0n) is 10.2. The third-order valence-corrected chi connectivity index (χ3v) is 2.54. The van der Waals surface area contributed by atoms with Crippen LogP contribution >= 0.6 is 0 Å². The summed E-state index contributed by atoms with van der Waals surface area (Å²) >= 11 is 0. The Morgan fingerprint density at radius 3 is 2.59 bits per heavy atom. The summed E-state index contributed by atoms with van der Waals surface area (Å²) in [5.74, 6) is 0.505. The van der Waals surface area contributed by atoms with Gasteiger partial charge in [0, 0.05) is 24.5 Å². The van der Waals surface area contributed by atoms with Crippen LogP contribution in [0.3, 0.4) is 0 Å².